The lowest BCUT2D eigenvalue weighted by Crippen LogP contribution is -2.58. The highest BCUT2D eigenvalue weighted by atomic mass is 32.1. The highest BCUT2D eigenvalue weighted by Gasteiger charge is 2.47. The van der Waals surface area contributed by atoms with Crippen molar-refractivity contribution in [3.8, 4) is 0 Å². The number of piperidine rings is 1. The summed E-state index contributed by atoms with van der Waals surface area (Å²) in [4.78, 5) is 26.4. The summed E-state index contributed by atoms with van der Waals surface area (Å²) in [5.41, 5.74) is 10.5. The molecule has 2 amide bonds. The van der Waals surface area contributed by atoms with Crippen LogP contribution in [0.5, 0.6) is 0 Å². The van der Waals surface area contributed by atoms with Crippen molar-refractivity contribution in [2.24, 2.45) is 22.8 Å². The third kappa shape index (κ3) is 3.03. The Morgan fingerprint density at radius 1 is 1.24 bits per heavy atom. The van der Waals surface area contributed by atoms with Crippen molar-refractivity contribution >= 4 is 29.0 Å². The second-order valence-corrected chi connectivity index (χ2v) is 6.48. The van der Waals surface area contributed by atoms with Crippen molar-refractivity contribution in [2.45, 2.75) is 38.6 Å². The fourth-order valence-corrected chi connectivity index (χ4v) is 3.47. The summed E-state index contributed by atoms with van der Waals surface area (Å²) in [5, 5.41) is 0. The molecule has 2 aliphatic rings. The summed E-state index contributed by atoms with van der Waals surface area (Å²) in [5.74, 6) is -0.707. The molecule has 2 saturated heterocycles. The van der Waals surface area contributed by atoms with E-state index in [0.717, 1.165) is 12.8 Å². The van der Waals surface area contributed by atoms with E-state index < -0.39 is 5.41 Å². The van der Waals surface area contributed by atoms with E-state index in [9.17, 15) is 9.59 Å². The van der Waals surface area contributed by atoms with Crippen LogP contribution < -0.4 is 11.5 Å². The van der Waals surface area contributed by atoms with Crippen LogP contribution in [0.3, 0.4) is 0 Å². The SMILES string of the molecule is CC1CCC(C(N)=O)CN1C(=O)C1(C(N)=S)CCOCC1. The minimum atomic E-state index is -0.832. The number of hydrogen-bond donors (Lipinski definition) is 2. The lowest BCUT2D eigenvalue weighted by atomic mass is 9.77. The molecule has 2 rings (SSSR count). The Morgan fingerprint density at radius 3 is 2.38 bits per heavy atom. The summed E-state index contributed by atoms with van der Waals surface area (Å²) in [6.45, 7) is 3.30. The van der Waals surface area contributed by atoms with Crippen LogP contribution in [0.1, 0.15) is 32.6 Å². The molecule has 2 unspecified atom stereocenters. The number of carbonyl (C=O) groups is 2. The van der Waals surface area contributed by atoms with E-state index in [2.05, 4.69) is 0 Å². The summed E-state index contributed by atoms with van der Waals surface area (Å²) in [6.07, 6.45) is 2.50. The number of rotatable bonds is 3. The first-order valence-corrected chi connectivity index (χ1v) is 7.77. The molecule has 0 aromatic rings. The first kappa shape index (κ1) is 16.2. The van der Waals surface area contributed by atoms with E-state index in [1.807, 2.05) is 6.92 Å². The van der Waals surface area contributed by atoms with Crippen LogP contribution in [0, 0.1) is 11.3 Å². The third-order valence-electron chi connectivity index (χ3n) is 4.77. The van der Waals surface area contributed by atoms with Gasteiger partial charge >= 0.3 is 0 Å². The van der Waals surface area contributed by atoms with Crippen LogP contribution in [0.15, 0.2) is 0 Å². The number of ether oxygens (including phenoxy) is 1. The molecule has 0 spiro atoms. The first-order valence-electron chi connectivity index (χ1n) is 7.36. The fraction of sp³-hybridized carbons (Fsp3) is 0.786. The topological polar surface area (TPSA) is 98.7 Å². The maximum atomic E-state index is 13.0. The van der Waals surface area contributed by atoms with E-state index in [4.69, 9.17) is 28.4 Å². The number of nitrogens with zero attached hydrogens (tertiary/aromatic N) is 1. The Morgan fingerprint density at radius 2 is 1.86 bits per heavy atom. The maximum Gasteiger partial charge on any atom is 0.236 e. The minimum absolute atomic E-state index is 0.0715. The van der Waals surface area contributed by atoms with Crippen molar-refractivity contribution in [3.63, 3.8) is 0 Å². The monoisotopic (exact) mass is 313 g/mol. The summed E-state index contributed by atoms with van der Waals surface area (Å²) < 4.78 is 5.34. The van der Waals surface area contributed by atoms with Gasteiger partial charge < -0.3 is 21.1 Å². The molecule has 0 aromatic carbocycles. The van der Waals surface area contributed by atoms with Crippen molar-refractivity contribution < 1.29 is 14.3 Å². The molecule has 0 aromatic heterocycles. The molecule has 4 N–H and O–H groups in total. The molecule has 21 heavy (non-hydrogen) atoms. The van der Waals surface area contributed by atoms with Crippen LogP contribution in [0.4, 0.5) is 0 Å². The van der Waals surface area contributed by atoms with E-state index in [0.29, 0.717) is 32.6 Å². The summed E-state index contributed by atoms with van der Waals surface area (Å²) in [6, 6.07) is 0.0715. The molecular weight excluding hydrogens is 290 g/mol. The second-order valence-electron chi connectivity index (χ2n) is 6.04. The lowest BCUT2D eigenvalue weighted by molar-refractivity contribution is -0.148. The Hall–Kier alpha value is -1.21. The molecule has 0 bridgehead atoms. The summed E-state index contributed by atoms with van der Waals surface area (Å²) in [7, 11) is 0. The van der Waals surface area contributed by atoms with Gasteiger partial charge in [0.2, 0.25) is 11.8 Å². The lowest BCUT2D eigenvalue weighted by Gasteiger charge is -2.44. The van der Waals surface area contributed by atoms with Crippen molar-refractivity contribution in [2.75, 3.05) is 19.8 Å². The van der Waals surface area contributed by atoms with Crippen molar-refractivity contribution in [1.29, 1.82) is 0 Å². The molecule has 2 atom stereocenters. The highest BCUT2D eigenvalue weighted by Crippen LogP contribution is 2.36. The number of primary amides is 1. The zero-order valence-corrected chi connectivity index (χ0v) is 13.2. The average molecular weight is 313 g/mol. The number of nitrogens with two attached hydrogens (primary N) is 2. The standard InChI is InChI=1S/C14H23N3O3S/c1-9-2-3-10(11(15)18)8-17(9)13(19)14(12(16)21)4-6-20-7-5-14/h9-10H,2-8H2,1H3,(H2,15,18)(H2,16,21). The number of thiocarbonyl (C=S) groups is 1. The predicted octanol–water partition coefficient (Wildman–Crippen LogP) is 0.182. The van der Waals surface area contributed by atoms with Gasteiger partial charge in [-0.2, -0.15) is 0 Å². The molecule has 2 fully saturated rings. The number of amides is 2. The van der Waals surface area contributed by atoms with E-state index in [-0.39, 0.29) is 28.8 Å². The van der Waals surface area contributed by atoms with Gasteiger partial charge in [0.05, 0.1) is 10.9 Å². The zero-order chi connectivity index (χ0) is 15.6. The molecular formula is C14H23N3O3S. The minimum Gasteiger partial charge on any atom is -0.392 e. The van der Waals surface area contributed by atoms with Gasteiger partial charge in [-0.1, -0.05) is 12.2 Å². The Bertz CT molecular complexity index is 449. The smallest absolute Gasteiger partial charge is 0.236 e. The Balaban J connectivity index is 2.22. The van der Waals surface area contributed by atoms with Gasteiger partial charge in [0.1, 0.15) is 5.41 Å². The van der Waals surface area contributed by atoms with Crippen LogP contribution in [-0.2, 0) is 14.3 Å². The normalized spacial score (nSPS) is 28.9. The summed E-state index contributed by atoms with van der Waals surface area (Å²) >= 11 is 5.18. The van der Waals surface area contributed by atoms with Crippen LogP contribution in [-0.4, -0.2) is 47.5 Å². The fourth-order valence-electron chi connectivity index (χ4n) is 3.18. The van der Waals surface area contributed by atoms with Gasteiger partial charge in [-0.15, -0.1) is 0 Å². The molecule has 6 nitrogen and oxygen atoms in total. The van der Waals surface area contributed by atoms with Crippen molar-refractivity contribution in [3.05, 3.63) is 0 Å². The molecule has 2 heterocycles. The molecule has 0 aliphatic carbocycles. The third-order valence-corrected chi connectivity index (χ3v) is 5.16. The van der Waals surface area contributed by atoms with E-state index in [1.54, 1.807) is 4.90 Å². The molecule has 2 aliphatic heterocycles. The quantitative estimate of drug-likeness (QED) is 0.724. The second kappa shape index (κ2) is 6.27. The Labute approximate surface area is 130 Å². The van der Waals surface area contributed by atoms with Gasteiger partial charge in [-0.25, -0.2) is 0 Å². The maximum absolute atomic E-state index is 13.0. The Kier molecular flexibility index (Phi) is 4.83. The van der Waals surface area contributed by atoms with Crippen LogP contribution >= 0.6 is 12.2 Å². The van der Waals surface area contributed by atoms with Gasteiger partial charge in [0.25, 0.3) is 0 Å². The first-order chi connectivity index (χ1) is 9.88. The largest absolute Gasteiger partial charge is 0.392 e. The highest BCUT2D eigenvalue weighted by molar-refractivity contribution is 7.80. The molecule has 0 radical (unpaired) electrons. The van der Waals surface area contributed by atoms with Gasteiger partial charge in [0, 0.05) is 25.8 Å². The van der Waals surface area contributed by atoms with E-state index >= 15 is 0 Å². The van der Waals surface area contributed by atoms with Crippen LogP contribution in [0.2, 0.25) is 0 Å². The predicted molar refractivity (Wildman–Crippen MR) is 82.4 cm³/mol. The number of hydrogen-bond acceptors (Lipinski definition) is 4. The number of likely N-dealkylation sites (tertiary alicyclic amines) is 1. The van der Waals surface area contributed by atoms with Crippen LogP contribution in [0.25, 0.3) is 0 Å². The zero-order valence-electron chi connectivity index (χ0n) is 12.3. The molecule has 118 valence electrons. The van der Waals surface area contributed by atoms with E-state index in [1.165, 1.54) is 0 Å². The van der Waals surface area contributed by atoms with Gasteiger partial charge in [0.15, 0.2) is 0 Å². The molecule has 0 saturated carbocycles. The average Bonchev–Trinajstić information content (AvgIpc) is 2.47. The molecule has 7 heteroatoms. The van der Waals surface area contributed by atoms with Gasteiger partial charge in [-0.3, -0.25) is 9.59 Å². The van der Waals surface area contributed by atoms with Gasteiger partial charge in [-0.05, 0) is 32.6 Å². The number of carbonyl (C=O) groups excluding carboxylic acids is 2. The van der Waals surface area contributed by atoms with Crippen molar-refractivity contribution in [1.82, 2.24) is 4.90 Å².